The van der Waals surface area contributed by atoms with Crippen LogP contribution in [0.4, 0.5) is 5.69 Å². The lowest BCUT2D eigenvalue weighted by Crippen LogP contribution is -2.50. The van der Waals surface area contributed by atoms with Gasteiger partial charge in [0, 0.05) is 30.1 Å². The molecule has 0 aliphatic carbocycles. The maximum atomic E-state index is 13.1. The number of nitrogens with zero attached hydrogens (tertiary/aromatic N) is 1. The fourth-order valence-electron chi connectivity index (χ4n) is 3.43. The highest BCUT2D eigenvalue weighted by Gasteiger charge is 2.34. The fourth-order valence-corrected chi connectivity index (χ4v) is 3.60. The summed E-state index contributed by atoms with van der Waals surface area (Å²) in [4.78, 5) is 27.6. The summed E-state index contributed by atoms with van der Waals surface area (Å²) < 4.78 is 0. The molecule has 4 nitrogen and oxygen atoms in total. The average Bonchev–Trinajstić information content (AvgIpc) is 2.63. The second-order valence-corrected chi connectivity index (χ2v) is 7.99. The van der Waals surface area contributed by atoms with Crippen molar-refractivity contribution in [3.05, 3.63) is 64.2 Å². The summed E-state index contributed by atoms with van der Waals surface area (Å²) in [5.74, 6) is 0.0861. The number of hydrogen-bond donors (Lipinski definition) is 1. The van der Waals surface area contributed by atoms with Crippen LogP contribution in [0.25, 0.3) is 0 Å². The van der Waals surface area contributed by atoms with Gasteiger partial charge in [0.2, 0.25) is 11.8 Å². The molecule has 142 valence electrons. The van der Waals surface area contributed by atoms with Crippen molar-refractivity contribution >= 4 is 29.1 Å². The Morgan fingerprint density at radius 1 is 1.19 bits per heavy atom. The maximum absolute atomic E-state index is 13.1. The molecule has 3 rings (SSSR count). The van der Waals surface area contributed by atoms with Crippen LogP contribution in [-0.2, 0) is 22.6 Å². The van der Waals surface area contributed by atoms with E-state index in [9.17, 15) is 9.59 Å². The van der Waals surface area contributed by atoms with Crippen molar-refractivity contribution < 1.29 is 9.59 Å². The molecule has 0 fully saturated rings. The molecule has 1 unspecified atom stereocenters. The molecule has 1 aliphatic rings. The van der Waals surface area contributed by atoms with Crippen molar-refractivity contribution in [3.8, 4) is 0 Å². The van der Waals surface area contributed by atoms with Crippen molar-refractivity contribution in [3.63, 3.8) is 0 Å². The maximum Gasteiger partial charge on any atom is 0.247 e. The van der Waals surface area contributed by atoms with Gasteiger partial charge in [-0.05, 0) is 41.7 Å². The van der Waals surface area contributed by atoms with Crippen LogP contribution in [0.15, 0.2) is 42.5 Å². The van der Waals surface area contributed by atoms with Crippen molar-refractivity contribution in [2.75, 3.05) is 5.32 Å². The Bertz CT molecular complexity index is 863. The van der Waals surface area contributed by atoms with Crippen LogP contribution in [0.2, 0.25) is 5.02 Å². The number of fused-ring (bicyclic) bond motifs is 1. The van der Waals surface area contributed by atoms with Gasteiger partial charge in [0.15, 0.2) is 0 Å². The van der Waals surface area contributed by atoms with Gasteiger partial charge in [0.05, 0.1) is 0 Å². The zero-order chi connectivity index (χ0) is 19.6. The second-order valence-electron chi connectivity index (χ2n) is 7.56. The van der Waals surface area contributed by atoms with E-state index in [4.69, 9.17) is 11.6 Å². The van der Waals surface area contributed by atoms with Gasteiger partial charge in [-0.25, -0.2) is 0 Å². The van der Waals surface area contributed by atoms with Gasteiger partial charge in [-0.2, -0.15) is 0 Å². The van der Waals surface area contributed by atoms with Gasteiger partial charge < -0.3 is 10.2 Å². The normalized spacial score (nSPS) is 16.2. The first-order chi connectivity index (χ1) is 12.8. The topological polar surface area (TPSA) is 49.4 Å². The number of aryl methyl sites for hydroxylation is 1. The standard InChI is InChI=1S/C22H25ClN2O2/c1-14(2)10-21(26)25-13-17-7-5-4-6-16(17)11-20(25)22(27)24-19-12-18(23)9-8-15(19)3/h4-9,12,14,20H,10-11,13H2,1-3H3,(H,24,27). The van der Waals surface area contributed by atoms with Gasteiger partial charge in [-0.15, -0.1) is 0 Å². The number of carbonyl (C=O) groups excluding carboxylic acids is 2. The molecule has 0 saturated carbocycles. The first kappa shape index (κ1) is 19.4. The zero-order valence-electron chi connectivity index (χ0n) is 16.0. The van der Waals surface area contributed by atoms with Gasteiger partial charge in [-0.3, -0.25) is 9.59 Å². The third-order valence-electron chi connectivity index (χ3n) is 4.91. The summed E-state index contributed by atoms with van der Waals surface area (Å²) in [6.45, 7) is 6.42. The minimum Gasteiger partial charge on any atom is -0.326 e. The van der Waals surface area contributed by atoms with Gasteiger partial charge in [-0.1, -0.05) is 55.8 Å². The summed E-state index contributed by atoms with van der Waals surface area (Å²) in [7, 11) is 0. The van der Waals surface area contributed by atoms with Crippen LogP contribution in [0, 0.1) is 12.8 Å². The Labute approximate surface area is 165 Å². The largest absolute Gasteiger partial charge is 0.326 e. The first-order valence-electron chi connectivity index (χ1n) is 9.28. The average molecular weight is 385 g/mol. The molecule has 0 spiro atoms. The number of halogens is 1. The molecular weight excluding hydrogens is 360 g/mol. The Balaban J connectivity index is 1.88. The first-order valence-corrected chi connectivity index (χ1v) is 9.66. The lowest BCUT2D eigenvalue weighted by Gasteiger charge is -2.36. The molecule has 1 aliphatic heterocycles. The van der Waals surface area contributed by atoms with Crippen LogP contribution >= 0.6 is 11.6 Å². The summed E-state index contributed by atoms with van der Waals surface area (Å²) in [5, 5.41) is 3.54. The highest BCUT2D eigenvalue weighted by Crippen LogP contribution is 2.27. The van der Waals surface area contributed by atoms with E-state index >= 15 is 0 Å². The number of hydrogen-bond acceptors (Lipinski definition) is 2. The van der Waals surface area contributed by atoms with Gasteiger partial charge in [0.1, 0.15) is 6.04 Å². The molecule has 2 amide bonds. The number of carbonyl (C=O) groups is 2. The number of nitrogens with one attached hydrogen (secondary N) is 1. The van der Waals surface area contributed by atoms with E-state index in [1.165, 1.54) is 0 Å². The summed E-state index contributed by atoms with van der Waals surface area (Å²) in [5.41, 5.74) is 3.85. The van der Waals surface area contributed by atoms with Crippen LogP contribution < -0.4 is 5.32 Å². The molecule has 1 heterocycles. The summed E-state index contributed by atoms with van der Waals surface area (Å²) in [6, 6.07) is 12.9. The third kappa shape index (κ3) is 4.51. The third-order valence-corrected chi connectivity index (χ3v) is 5.15. The molecule has 5 heteroatoms. The Morgan fingerprint density at radius 3 is 2.59 bits per heavy atom. The van der Waals surface area contributed by atoms with E-state index in [0.29, 0.717) is 30.1 Å². The molecule has 27 heavy (non-hydrogen) atoms. The van der Waals surface area contributed by atoms with Crippen LogP contribution in [-0.4, -0.2) is 22.8 Å². The lowest BCUT2D eigenvalue weighted by atomic mass is 9.92. The van der Waals surface area contributed by atoms with Gasteiger partial charge in [0.25, 0.3) is 0 Å². The Hall–Kier alpha value is -2.33. The molecule has 2 aromatic rings. The molecular formula is C22H25ClN2O2. The minimum absolute atomic E-state index is 0.0162. The molecule has 1 N–H and O–H groups in total. The smallest absolute Gasteiger partial charge is 0.247 e. The Morgan fingerprint density at radius 2 is 1.89 bits per heavy atom. The summed E-state index contributed by atoms with van der Waals surface area (Å²) >= 11 is 6.07. The molecule has 0 radical (unpaired) electrons. The number of rotatable bonds is 4. The van der Waals surface area contributed by atoms with E-state index in [2.05, 4.69) is 5.32 Å². The number of anilines is 1. The Kier molecular flexibility index (Phi) is 5.85. The van der Waals surface area contributed by atoms with E-state index in [1.807, 2.05) is 51.1 Å². The van der Waals surface area contributed by atoms with E-state index < -0.39 is 6.04 Å². The van der Waals surface area contributed by atoms with E-state index in [-0.39, 0.29) is 17.7 Å². The summed E-state index contributed by atoms with van der Waals surface area (Å²) in [6.07, 6.45) is 0.952. The van der Waals surface area contributed by atoms with Crippen molar-refractivity contribution in [2.24, 2.45) is 5.92 Å². The predicted octanol–water partition coefficient (Wildman–Crippen LogP) is 4.59. The SMILES string of the molecule is Cc1ccc(Cl)cc1NC(=O)C1Cc2ccccc2CN1C(=O)CC(C)C. The van der Waals surface area contributed by atoms with Gasteiger partial charge >= 0.3 is 0 Å². The van der Waals surface area contributed by atoms with E-state index in [1.54, 1.807) is 17.0 Å². The molecule has 1 atom stereocenters. The van der Waals surface area contributed by atoms with E-state index in [0.717, 1.165) is 16.7 Å². The van der Waals surface area contributed by atoms with Crippen LogP contribution in [0.3, 0.4) is 0 Å². The van der Waals surface area contributed by atoms with Crippen LogP contribution in [0.5, 0.6) is 0 Å². The molecule has 0 bridgehead atoms. The van der Waals surface area contributed by atoms with Crippen LogP contribution in [0.1, 0.15) is 37.0 Å². The number of benzene rings is 2. The molecule has 0 saturated heterocycles. The number of amides is 2. The van der Waals surface area contributed by atoms with Crippen molar-refractivity contribution in [1.29, 1.82) is 0 Å². The lowest BCUT2D eigenvalue weighted by molar-refractivity contribution is -0.140. The van der Waals surface area contributed by atoms with Crippen molar-refractivity contribution in [1.82, 2.24) is 4.90 Å². The van der Waals surface area contributed by atoms with Crippen molar-refractivity contribution in [2.45, 2.75) is 46.2 Å². The minimum atomic E-state index is -0.524. The molecule has 0 aromatic heterocycles. The second kappa shape index (κ2) is 8.13. The highest BCUT2D eigenvalue weighted by molar-refractivity contribution is 6.31. The fraction of sp³-hybridized carbons (Fsp3) is 0.364. The zero-order valence-corrected chi connectivity index (χ0v) is 16.7. The highest BCUT2D eigenvalue weighted by atomic mass is 35.5. The molecule has 2 aromatic carbocycles. The quantitative estimate of drug-likeness (QED) is 0.838. The monoisotopic (exact) mass is 384 g/mol. The predicted molar refractivity (Wildman–Crippen MR) is 109 cm³/mol.